The maximum absolute atomic E-state index is 5.72. The lowest BCUT2D eigenvalue weighted by atomic mass is 10.4. The fraction of sp³-hybridized carbons (Fsp3) is 0.167. The lowest BCUT2D eigenvalue weighted by Crippen LogP contribution is -2.05. The first-order valence-corrected chi connectivity index (χ1v) is 3.97. The summed E-state index contributed by atoms with van der Waals surface area (Å²) in [6.45, 7) is 0. The van der Waals surface area contributed by atoms with Crippen LogP contribution in [0.15, 0.2) is 6.33 Å². The van der Waals surface area contributed by atoms with Gasteiger partial charge in [0.25, 0.3) is 0 Å². The standard InChI is InChI=1S/C6H8N6S/c1-11-2-9-12-5(11)3(7)4(8)10-6(12)13/h2H,7H2,1H3,(H2,8,10,13). The first kappa shape index (κ1) is 7.99. The monoisotopic (exact) mass is 196 g/mol. The van der Waals surface area contributed by atoms with E-state index in [1.807, 2.05) is 7.05 Å². The van der Waals surface area contributed by atoms with Gasteiger partial charge in [-0.1, -0.05) is 0 Å². The van der Waals surface area contributed by atoms with Crippen molar-refractivity contribution in [1.82, 2.24) is 19.2 Å². The summed E-state index contributed by atoms with van der Waals surface area (Å²) in [4.78, 5) is 3.87. The Hall–Kier alpha value is -1.63. The Morgan fingerprint density at radius 1 is 1.46 bits per heavy atom. The number of fused-ring (bicyclic) bond motifs is 1. The molecule has 0 radical (unpaired) electrons. The van der Waals surface area contributed by atoms with Crippen molar-refractivity contribution in [3.05, 3.63) is 11.1 Å². The topological polar surface area (TPSA) is 87.2 Å². The van der Waals surface area contributed by atoms with Gasteiger partial charge in [0.2, 0.25) is 4.77 Å². The Morgan fingerprint density at radius 2 is 2.15 bits per heavy atom. The van der Waals surface area contributed by atoms with Crippen LogP contribution in [0.5, 0.6) is 0 Å². The molecule has 0 bridgehead atoms. The number of nitrogens with zero attached hydrogens (tertiary/aromatic N) is 4. The van der Waals surface area contributed by atoms with Crippen molar-refractivity contribution in [1.29, 1.82) is 0 Å². The van der Waals surface area contributed by atoms with Crippen LogP contribution in [-0.4, -0.2) is 19.2 Å². The van der Waals surface area contributed by atoms with E-state index in [0.29, 0.717) is 16.1 Å². The fourth-order valence-electron chi connectivity index (χ4n) is 1.16. The molecule has 6 nitrogen and oxygen atoms in total. The third-order valence-electron chi connectivity index (χ3n) is 1.79. The molecular weight excluding hydrogens is 188 g/mol. The average molecular weight is 196 g/mol. The highest BCUT2D eigenvalue weighted by molar-refractivity contribution is 7.71. The molecule has 2 rings (SSSR count). The zero-order valence-corrected chi connectivity index (χ0v) is 7.75. The van der Waals surface area contributed by atoms with Crippen LogP contribution in [0.25, 0.3) is 5.65 Å². The van der Waals surface area contributed by atoms with Crippen LogP contribution in [0, 0.1) is 4.77 Å². The summed E-state index contributed by atoms with van der Waals surface area (Å²) in [5.74, 6) is 0.244. The van der Waals surface area contributed by atoms with E-state index in [0.717, 1.165) is 0 Å². The number of nitrogen functional groups attached to an aromatic ring is 2. The van der Waals surface area contributed by atoms with Gasteiger partial charge < -0.3 is 16.0 Å². The zero-order valence-electron chi connectivity index (χ0n) is 6.93. The second-order valence-electron chi connectivity index (χ2n) is 2.67. The highest BCUT2D eigenvalue weighted by Crippen LogP contribution is 2.17. The van der Waals surface area contributed by atoms with E-state index in [2.05, 4.69) is 10.1 Å². The van der Waals surface area contributed by atoms with Gasteiger partial charge in [-0.15, -0.1) is 0 Å². The number of aryl methyl sites for hydroxylation is 1. The van der Waals surface area contributed by atoms with Crippen molar-refractivity contribution in [3.8, 4) is 0 Å². The molecule has 2 heterocycles. The van der Waals surface area contributed by atoms with Crippen LogP contribution in [-0.2, 0) is 7.05 Å². The van der Waals surface area contributed by atoms with Gasteiger partial charge in [0, 0.05) is 7.05 Å². The quantitative estimate of drug-likeness (QED) is 0.577. The van der Waals surface area contributed by atoms with E-state index >= 15 is 0 Å². The lowest BCUT2D eigenvalue weighted by Gasteiger charge is -2.02. The summed E-state index contributed by atoms with van der Waals surface area (Å²) >= 11 is 4.95. The molecule has 0 spiro atoms. The SMILES string of the molecule is Cn1cnn2c(=S)nc(N)c(N)c12. The second kappa shape index (κ2) is 2.43. The van der Waals surface area contributed by atoms with Crippen molar-refractivity contribution in [2.75, 3.05) is 11.5 Å². The molecule has 7 heteroatoms. The first-order chi connectivity index (χ1) is 6.11. The van der Waals surface area contributed by atoms with Crippen LogP contribution in [0.3, 0.4) is 0 Å². The third-order valence-corrected chi connectivity index (χ3v) is 2.05. The zero-order chi connectivity index (χ0) is 9.59. The van der Waals surface area contributed by atoms with Crippen molar-refractivity contribution in [3.63, 3.8) is 0 Å². The van der Waals surface area contributed by atoms with Gasteiger partial charge in [-0.3, -0.25) is 0 Å². The van der Waals surface area contributed by atoms with Crippen molar-refractivity contribution >= 4 is 29.4 Å². The van der Waals surface area contributed by atoms with Gasteiger partial charge in [-0.25, -0.2) is 0 Å². The molecule has 0 aliphatic rings. The Bertz CT molecular complexity index is 524. The Labute approximate surface area is 78.8 Å². The predicted octanol–water partition coefficient (Wildman–Crippen LogP) is -0.0383. The van der Waals surface area contributed by atoms with Crippen LogP contribution in [0.2, 0.25) is 0 Å². The van der Waals surface area contributed by atoms with E-state index in [-0.39, 0.29) is 5.82 Å². The van der Waals surface area contributed by atoms with Gasteiger partial charge in [-0.05, 0) is 12.2 Å². The normalized spacial score (nSPS) is 10.8. The Balaban J connectivity index is 3.10. The molecule has 68 valence electrons. The number of hydrogen-bond acceptors (Lipinski definition) is 5. The number of rotatable bonds is 0. The van der Waals surface area contributed by atoms with Gasteiger partial charge in [0.1, 0.15) is 12.0 Å². The van der Waals surface area contributed by atoms with Gasteiger partial charge >= 0.3 is 0 Å². The maximum Gasteiger partial charge on any atom is 0.224 e. The number of hydrogen-bond donors (Lipinski definition) is 2. The highest BCUT2D eigenvalue weighted by Gasteiger charge is 2.08. The molecule has 0 aromatic carbocycles. The molecule has 0 atom stereocenters. The Kier molecular flexibility index (Phi) is 1.49. The van der Waals surface area contributed by atoms with Crippen LogP contribution >= 0.6 is 12.2 Å². The summed E-state index contributed by atoms with van der Waals surface area (Å²) in [6.07, 6.45) is 1.60. The second-order valence-corrected chi connectivity index (χ2v) is 3.04. The number of nitrogens with two attached hydrogens (primary N) is 2. The molecule has 4 N–H and O–H groups in total. The molecule has 0 unspecified atom stereocenters. The number of anilines is 2. The molecule has 0 saturated heterocycles. The minimum Gasteiger partial charge on any atom is -0.393 e. The summed E-state index contributed by atoms with van der Waals surface area (Å²) < 4.78 is 3.52. The van der Waals surface area contributed by atoms with E-state index in [1.54, 1.807) is 10.9 Å². The molecule has 2 aromatic heterocycles. The van der Waals surface area contributed by atoms with Crippen LogP contribution in [0.1, 0.15) is 0 Å². The highest BCUT2D eigenvalue weighted by atomic mass is 32.1. The summed E-state index contributed by atoms with van der Waals surface area (Å²) in [5.41, 5.74) is 12.3. The minimum atomic E-state index is 0.244. The maximum atomic E-state index is 5.72. The van der Waals surface area contributed by atoms with Gasteiger partial charge in [-0.2, -0.15) is 14.6 Å². The third kappa shape index (κ3) is 0.970. The minimum absolute atomic E-state index is 0.244. The molecule has 0 saturated carbocycles. The van der Waals surface area contributed by atoms with E-state index < -0.39 is 0 Å². The largest absolute Gasteiger partial charge is 0.393 e. The Morgan fingerprint density at radius 3 is 2.85 bits per heavy atom. The van der Waals surface area contributed by atoms with Crippen molar-refractivity contribution in [2.45, 2.75) is 0 Å². The van der Waals surface area contributed by atoms with Gasteiger partial charge in [0.15, 0.2) is 11.5 Å². The molecule has 0 fully saturated rings. The molecular formula is C6H8N6S. The fourth-order valence-corrected chi connectivity index (χ4v) is 1.39. The van der Waals surface area contributed by atoms with Crippen molar-refractivity contribution < 1.29 is 0 Å². The summed E-state index contributed by atoms with van der Waals surface area (Å²) in [5, 5.41) is 4.00. The van der Waals surface area contributed by atoms with E-state index in [4.69, 9.17) is 23.7 Å². The van der Waals surface area contributed by atoms with E-state index in [9.17, 15) is 0 Å². The average Bonchev–Trinajstić information content (AvgIpc) is 2.44. The molecule has 0 aliphatic heterocycles. The van der Waals surface area contributed by atoms with Crippen LogP contribution < -0.4 is 11.5 Å². The summed E-state index contributed by atoms with van der Waals surface area (Å²) in [6, 6.07) is 0. The van der Waals surface area contributed by atoms with Gasteiger partial charge in [0.05, 0.1) is 0 Å². The predicted molar refractivity (Wildman–Crippen MR) is 51.6 cm³/mol. The lowest BCUT2D eigenvalue weighted by molar-refractivity contribution is 0.907. The van der Waals surface area contributed by atoms with E-state index in [1.165, 1.54) is 4.52 Å². The number of aromatic nitrogens is 4. The molecule has 2 aromatic rings. The van der Waals surface area contributed by atoms with Crippen molar-refractivity contribution in [2.24, 2.45) is 7.05 Å². The summed E-state index contributed by atoms with van der Waals surface area (Å²) in [7, 11) is 1.81. The first-order valence-electron chi connectivity index (χ1n) is 3.56. The van der Waals surface area contributed by atoms with Crippen LogP contribution in [0.4, 0.5) is 11.5 Å². The molecule has 0 aliphatic carbocycles. The molecule has 13 heavy (non-hydrogen) atoms. The smallest absolute Gasteiger partial charge is 0.224 e. The molecule has 0 amide bonds.